The molecule has 12 heavy (non-hydrogen) atoms. The van der Waals surface area contributed by atoms with E-state index < -0.39 is 23.0 Å². The highest BCUT2D eigenvalue weighted by Gasteiger charge is 2.69. The summed E-state index contributed by atoms with van der Waals surface area (Å²) in [6, 6.07) is 0. The van der Waals surface area contributed by atoms with E-state index in [4.69, 9.17) is 9.84 Å². The van der Waals surface area contributed by atoms with Gasteiger partial charge in [-0.05, 0) is 13.8 Å². The highest BCUT2D eigenvalue weighted by molar-refractivity contribution is 5.81. The average molecular weight is 172 g/mol. The van der Waals surface area contributed by atoms with E-state index >= 15 is 0 Å². The zero-order valence-electron chi connectivity index (χ0n) is 7.38. The van der Waals surface area contributed by atoms with Crippen molar-refractivity contribution in [3.8, 4) is 0 Å². The van der Waals surface area contributed by atoms with Gasteiger partial charge in [0.15, 0.2) is 0 Å². The van der Waals surface area contributed by atoms with Gasteiger partial charge in [-0.1, -0.05) is 0 Å². The van der Waals surface area contributed by atoms with Crippen molar-refractivity contribution in [1.29, 1.82) is 0 Å². The summed E-state index contributed by atoms with van der Waals surface area (Å²) in [5, 5.41) is 8.77. The van der Waals surface area contributed by atoms with Crippen LogP contribution in [-0.4, -0.2) is 22.6 Å². The van der Waals surface area contributed by atoms with E-state index in [9.17, 15) is 9.59 Å². The molecule has 1 fully saturated rings. The van der Waals surface area contributed by atoms with Gasteiger partial charge in [0.2, 0.25) is 0 Å². The maximum absolute atomic E-state index is 10.7. The van der Waals surface area contributed by atoms with E-state index in [2.05, 4.69) is 0 Å². The Bertz CT molecular complexity index is 247. The number of aliphatic carboxylic acids is 1. The Morgan fingerprint density at radius 1 is 1.42 bits per heavy atom. The quantitative estimate of drug-likeness (QED) is 0.626. The van der Waals surface area contributed by atoms with Crippen LogP contribution in [0.25, 0.3) is 0 Å². The van der Waals surface area contributed by atoms with Gasteiger partial charge < -0.3 is 9.84 Å². The molecule has 4 heteroatoms. The van der Waals surface area contributed by atoms with Gasteiger partial charge in [0.25, 0.3) is 0 Å². The highest BCUT2D eigenvalue weighted by atomic mass is 16.6. The molecule has 1 rings (SSSR count). The zero-order valence-corrected chi connectivity index (χ0v) is 7.38. The van der Waals surface area contributed by atoms with Crippen molar-refractivity contribution in [2.24, 2.45) is 5.41 Å². The van der Waals surface area contributed by atoms with Crippen LogP contribution in [0.4, 0.5) is 0 Å². The summed E-state index contributed by atoms with van der Waals surface area (Å²) in [7, 11) is 0. The van der Waals surface area contributed by atoms with Crippen LogP contribution in [0.2, 0.25) is 0 Å². The SMILES string of the molecule is CC(=O)O[C@@]1(C)C[C@]1(C)C(=O)O. The molecule has 4 nitrogen and oxygen atoms in total. The molecular formula is C8H12O4. The van der Waals surface area contributed by atoms with Crippen LogP contribution < -0.4 is 0 Å². The molecule has 0 bridgehead atoms. The molecule has 0 aromatic heterocycles. The van der Waals surface area contributed by atoms with Crippen LogP contribution in [0.5, 0.6) is 0 Å². The smallest absolute Gasteiger partial charge is 0.313 e. The number of esters is 1. The number of carboxylic acid groups (broad SMARTS) is 1. The first-order chi connectivity index (χ1) is 5.32. The largest absolute Gasteiger partial charge is 0.481 e. The van der Waals surface area contributed by atoms with Crippen LogP contribution in [0.3, 0.4) is 0 Å². The van der Waals surface area contributed by atoms with Gasteiger partial charge >= 0.3 is 11.9 Å². The Labute approximate surface area is 70.5 Å². The predicted molar refractivity (Wildman–Crippen MR) is 40.5 cm³/mol. The topological polar surface area (TPSA) is 63.6 Å². The van der Waals surface area contributed by atoms with Crippen molar-refractivity contribution < 1.29 is 19.4 Å². The molecule has 0 unspecified atom stereocenters. The molecule has 1 aliphatic rings. The van der Waals surface area contributed by atoms with Gasteiger partial charge in [-0.15, -0.1) is 0 Å². The van der Waals surface area contributed by atoms with E-state index in [0.29, 0.717) is 6.42 Å². The number of carbonyl (C=O) groups is 2. The minimum Gasteiger partial charge on any atom is -0.481 e. The molecule has 0 saturated heterocycles. The number of ether oxygens (including phenoxy) is 1. The number of hydrogen-bond acceptors (Lipinski definition) is 3. The van der Waals surface area contributed by atoms with Gasteiger partial charge in [-0.2, -0.15) is 0 Å². The monoisotopic (exact) mass is 172 g/mol. The summed E-state index contributed by atoms with van der Waals surface area (Å²) >= 11 is 0. The molecule has 0 heterocycles. The number of rotatable bonds is 2. The van der Waals surface area contributed by atoms with Crippen LogP contribution >= 0.6 is 0 Å². The summed E-state index contributed by atoms with van der Waals surface area (Å²) in [6.45, 7) is 4.51. The Kier molecular flexibility index (Phi) is 1.67. The van der Waals surface area contributed by atoms with Crippen molar-refractivity contribution >= 4 is 11.9 Å². The summed E-state index contributed by atoms with van der Waals surface area (Å²) in [5.74, 6) is -1.34. The molecule has 0 aromatic rings. The lowest BCUT2D eigenvalue weighted by Gasteiger charge is -2.14. The summed E-state index contributed by atoms with van der Waals surface area (Å²) in [6.07, 6.45) is 0.398. The van der Waals surface area contributed by atoms with Crippen molar-refractivity contribution in [2.45, 2.75) is 32.8 Å². The Morgan fingerprint density at radius 2 is 1.92 bits per heavy atom. The van der Waals surface area contributed by atoms with Crippen LogP contribution in [0.1, 0.15) is 27.2 Å². The standard InChI is InChI=1S/C8H12O4/c1-5(9)12-8(3)4-7(8,2)6(10)11/h4H2,1-3H3,(H,10,11)/t7-,8+/m1/s1. The van der Waals surface area contributed by atoms with Gasteiger partial charge in [0, 0.05) is 13.3 Å². The molecular weight excluding hydrogens is 160 g/mol. The van der Waals surface area contributed by atoms with E-state index in [0.717, 1.165) is 0 Å². The molecule has 0 aromatic carbocycles. The lowest BCUT2D eigenvalue weighted by atomic mass is 10.1. The number of hydrogen-bond donors (Lipinski definition) is 1. The second-order valence-electron chi connectivity index (χ2n) is 3.64. The van der Waals surface area contributed by atoms with Crippen molar-refractivity contribution in [2.75, 3.05) is 0 Å². The fraction of sp³-hybridized carbons (Fsp3) is 0.750. The van der Waals surface area contributed by atoms with E-state index in [1.807, 2.05) is 0 Å². The first-order valence-corrected chi connectivity index (χ1v) is 3.75. The molecule has 68 valence electrons. The lowest BCUT2D eigenvalue weighted by molar-refractivity contribution is -0.155. The van der Waals surface area contributed by atoms with Gasteiger partial charge in [-0.3, -0.25) is 9.59 Å². The van der Waals surface area contributed by atoms with Crippen LogP contribution in [-0.2, 0) is 14.3 Å². The number of carboxylic acids is 1. The fourth-order valence-electron chi connectivity index (χ4n) is 1.40. The van der Waals surface area contributed by atoms with Gasteiger partial charge in [0.1, 0.15) is 11.0 Å². The zero-order chi connectivity index (χ0) is 9.57. The second-order valence-corrected chi connectivity index (χ2v) is 3.64. The third kappa shape index (κ3) is 1.07. The van der Waals surface area contributed by atoms with E-state index in [1.165, 1.54) is 6.92 Å². The van der Waals surface area contributed by atoms with E-state index in [-0.39, 0.29) is 0 Å². The molecule has 2 atom stereocenters. The average Bonchev–Trinajstić information content (AvgIpc) is 2.33. The van der Waals surface area contributed by atoms with Crippen LogP contribution in [0.15, 0.2) is 0 Å². The molecule has 0 radical (unpaired) electrons. The van der Waals surface area contributed by atoms with Gasteiger partial charge in [0.05, 0.1) is 0 Å². The Balaban J connectivity index is 2.70. The van der Waals surface area contributed by atoms with Gasteiger partial charge in [-0.25, -0.2) is 0 Å². The molecule has 0 amide bonds. The second kappa shape index (κ2) is 2.21. The molecule has 1 aliphatic carbocycles. The van der Waals surface area contributed by atoms with Crippen molar-refractivity contribution in [3.05, 3.63) is 0 Å². The van der Waals surface area contributed by atoms with Crippen LogP contribution in [0, 0.1) is 5.41 Å². The maximum atomic E-state index is 10.7. The molecule has 1 N–H and O–H groups in total. The summed E-state index contributed by atoms with van der Waals surface area (Å²) < 4.78 is 4.91. The molecule has 1 saturated carbocycles. The lowest BCUT2D eigenvalue weighted by Crippen LogP contribution is -2.26. The summed E-state index contributed by atoms with van der Waals surface area (Å²) in [5.41, 5.74) is -1.69. The Hall–Kier alpha value is -1.06. The van der Waals surface area contributed by atoms with Crippen molar-refractivity contribution in [3.63, 3.8) is 0 Å². The molecule has 0 spiro atoms. The Morgan fingerprint density at radius 3 is 2.17 bits per heavy atom. The minimum absolute atomic E-state index is 0.398. The van der Waals surface area contributed by atoms with E-state index in [1.54, 1.807) is 13.8 Å². The third-order valence-electron chi connectivity index (χ3n) is 2.57. The summed E-state index contributed by atoms with van der Waals surface area (Å²) in [4.78, 5) is 21.3. The predicted octanol–water partition coefficient (Wildman–Crippen LogP) is 0.803. The number of carbonyl (C=O) groups excluding carboxylic acids is 1. The van der Waals surface area contributed by atoms with Crippen molar-refractivity contribution in [1.82, 2.24) is 0 Å². The first-order valence-electron chi connectivity index (χ1n) is 3.75. The minimum atomic E-state index is -0.911. The molecule has 0 aliphatic heterocycles. The fourth-order valence-corrected chi connectivity index (χ4v) is 1.40. The third-order valence-corrected chi connectivity index (χ3v) is 2.57. The normalized spacial score (nSPS) is 38.9. The highest BCUT2D eigenvalue weighted by Crippen LogP contribution is 2.58. The first kappa shape index (κ1) is 9.03. The maximum Gasteiger partial charge on any atom is 0.313 e.